The van der Waals surface area contributed by atoms with Gasteiger partial charge in [0.15, 0.2) is 0 Å². The van der Waals surface area contributed by atoms with E-state index in [1.54, 1.807) is 7.05 Å². The summed E-state index contributed by atoms with van der Waals surface area (Å²) < 4.78 is 1.37. The molecule has 0 aliphatic rings. The molecule has 0 unspecified atom stereocenters. The first kappa shape index (κ1) is 14.0. The van der Waals surface area contributed by atoms with Crippen molar-refractivity contribution in [2.75, 3.05) is 18.8 Å². The van der Waals surface area contributed by atoms with E-state index < -0.39 is 5.91 Å². The molecule has 0 saturated carbocycles. The zero-order valence-electron chi connectivity index (χ0n) is 10.9. The molecule has 0 bridgehead atoms. The van der Waals surface area contributed by atoms with Gasteiger partial charge in [0.1, 0.15) is 5.69 Å². The maximum atomic E-state index is 11.8. The molecule has 0 atom stereocenters. The van der Waals surface area contributed by atoms with Crippen molar-refractivity contribution >= 4 is 17.5 Å². The van der Waals surface area contributed by atoms with Crippen molar-refractivity contribution in [1.82, 2.24) is 20.4 Å². The Morgan fingerprint density at radius 1 is 1.44 bits per heavy atom. The average Bonchev–Trinajstić information content (AvgIpc) is 2.63. The Kier molecular flexibility index (Phi) is 4.70. The minimum Gasteiger partial charge on any atom is -0.396 e. The second kappa shape index (κ2) is 6.04. The molecule has 2 amide bonds. The van der Waals surface area contributed by atoms with Crippen molar-refractivity contribution in [1.29, 1.82) is 0 Å². The summed E-state index contributed by atoms with van der Waals surface area (Å²) in [6, 6.07) is 0. The van der Waals surface area contributed by atoms with Gasteiger partial charge in [0, 0.05) is 13.6 Å². The highest BCUT2D eigenvalue weighted by atomic mass is 16.2. The molecule has 1 aromatic heterocycles. The fourth-order valence-electron chi connectivity index (χ4n) is 1.36. The number of hydrogen-bond donors (Lipinski definition) is 3. The molecule has 1 rings (SSSR count). The van der Waals surface area contributed by atoms with E-state index in [1.165, 1.54) is 10.9 Å². The van der Waals surface area contributed by atoms with Gasteiger partial charge in [0.25, 0.3) is 5.91 Å². The molecule has 0 saturated heterocycles. The molecule has 0 radical (unpaired) electrons. The summed E-state index contributed by atoms with van der Waals surface area (Å²) in [5.41, 5.74) is 6.15. The van der Waals surface area contributed by atoms with Crippen LogP contribution in [-0.4, -0.2) is 34.7 Å². The normalized spacial score (nSPS) is 10.4. The number of aromatic nitrogens is 2. The summed E-state index contributed by atoms with van der Waals surface area (Å²) in [6.07, 6.45) is 1.40. The predicted molar refractivity (Wildman–Crippen MR) is 67.8 cm³/mol. The summed E-state index contributed by atoms with van der Waals surface area (Å²) in [7, 11) is 1.62. The van der Waals surface area contributed by atoms with E-state index in [1.807, 2.05) is 13.8 Å². The number of aryl methyl sites for hydroxylation is 1. The maximum Gasteiger partial charge on any atom is 0.272 e. The van der Waals surface area contributed by atoms with Crippen LogP contribution in [0.15, 0.2) is 6.20 Å². The van der Waals surface area contributed by atoms with Crippen LogP contribution in [0.5, 0.6) is 0 Å². The summed E-state index contributed by atoms with van der Waals surface area (Å²) >= 11 is 0. The average molecular weight is 253 g/mol. The third kappa shape index (κ3) is 3.76. The number of nitrogen functional groups attached to an aromatic ring is 1. The van der Waals surface area contributed by atoms with Gasteiger partial charge in [-0.05, 0) is 5.92 Å². The van der Waals surface area contributed by atoms with E-state index in [2.05, 4.69) is 15.7 Å². The second-order valence-electron chi connectivity index (χ2n) is 4.45. The first-order chi connectivity index (χ1) is 8.41. The lowest BCUT2D eigenvalue weighted by Crippen LogP contribution is -2.39. The predicted octanol–water partition coefficient (Wildman–Crippen LogP) is -0.496. The Balaban J connectivity index is 2.45. The Bertz CT molecular complexity index is 419. The summed E-state index contributed by atoms with van der Waals surface area (Å²) in [6.45, 7) is 4.50. The molecule has 1 heterocycles. The lowest BCUT2D eigenvalue weighted by molar-refractivity contribution is -0.120. The maximum absolute atomic E-state index is 11.8. The number of amides is 2. The molecule has 100 valence electrons. The third-order valence-corrected chi connectivity index (χ3v) is 2.30. The Morgan fingerprint density at radius 3 is 2.61 bits per heavy atom. The second-order valence-corrected chi connectivity index (χ2v) is 4.45. The number of rotatable bonds is 5. The number of nitrogens with one attached hydrogen (secondary N) is 2. The highest BCUT2D eigenvalue weighted by molar-refractivity contribution is 5.99. The molecule has 7 nitrogen and oxygen atoms in total. The van der Waals surface area contributed by atoms with E-state index in [0.717, 1.165) is 0 Å². The minimum absolute atomic E-state index is 0.0732. The number of carbonyl (C=O) groups is 2. The quantitative estimate of drug-likeness (QED) is 0.658. The van der Waals surface area contributed by atoms with Gasteiger partial charge in [-0.3, -0.25) is 14.3 Å². The molecule has 1 aromatic rings. The zero-order valence-corrected chi connectivity index (χ0v) is 10.9. The first-order valence-electron chi connectivity index (χ1n) is 5.74. The monoisotopic (exact) mass is 253 g/mol. The van der Waals surface area contributed by atoms with Crippen molar-refractivity contribution in [3.05, 3.63) is 11.9 Å². The van der Waals surface area contributed by atoms with Crippen LogP contribution in [-0.2, 0) is 11.8 Å². The number of anilines is 1. The summed E-state index contributed by atoms with van der Waals surface area (Å²) in [5, 5.41) is 9.06. The number of nitrogens with zero attached hydrogens (tertiary/aromatic N) is 2. The van der Waals surface area contributed by atoms with E-state index in [-0.39, 0.29) is 23.8 Å². The Hall–Kier alpha value is -2.05. The highest BCUT2D eigenvalue weighted by Crippen LogP contribution is 2.08. The van der Waals surface area contributed by atoms with Gasteiger partial charge in [-0.1, -0.05) is 13.8 Å². The van der Waals surface area contributed by atoms with Crippen LogP contribution in [0.4, 0.5) is 5.69 Å². The molecular formula is C11H19N5O2. The van der Waals surface area contributed by atoms with Gasteiger partial charge in [-0.2, -0.15) is 5.10 Å². The topological polar surface area (TPSA) is 102 Å². The van der Waals surface area contributed by atoms with Crippen molar-refractivity contribution in [2.24, 2.45) is 13.0 Å². The molecule has 7 heteroatoms. The Labute approximate surface area is 106 Å². The molecular weight excluding hydrogens is 234 g/mol. The zero-order chi connectivity index (χ0) is 13.7. The van der Waals surface area contributed by atoms with Crippen LogP contribution in [0, 0.1) is 5.92 Å². The van der Waals surface area contributed by atoms with E-state index in [9.17, 15) is 9.59 Å². The van der Waals surface area contributed by atoms with Crippen molar-refractivity contribution in [2.45, 2.75) is 13.8 Å². The van der Waals surface area contributed by atoms with E-state index in [4.69, 9.17) is 5.73 Å². The molecule has 18 heavy (non-hydrogen) atoms. The van der Waals surface area contributed by atoms with Crippen LogP contribution in [0.3, 0.4) is 0 Å². The smallest absolute Gasteiger partial charge is 0.272 e. The van der Waals surface area contributed by atoms with Crippen LogP contribution >= 0.6 is 0 Å². The first-order valence-corrected chi connectivity index (χ1v) is 5.74. The fourth-order valence-corrected chi connectivity index (χ4v) is 1.36. The van der Waals surface area contributed by atoms with Gasteiger partial charge < -0.3 is 16.4 Å². The standard InChI is InChI=1S/C11H19N5O2/c1-7(2)4-13-9(17)6-14-11(18)10-8(12)5-15-16(10)3/h5,7H,4,6,12H2,1-3H3,(H,13,17)(H,14,18). The largest absolute Gasteiger partial charge is 0.396 e. The van der Waals surface area contributed by atoms with Crippen LogP contribution in [0.25, 0.3) is 0 Å². The van der Waals surface area contributed by atoms with Gasteiger partial charge >= 0.3 is 0 Å². The molecule has 0 aromatic carbocycles. The van der Waals surface area contributed by atoms with Crippen LogP contribution < -0.4 is 16.4 Å². The van der Waals surface area contributed by atoms with E-state index >= 15 is 0 Å². The van der Waals surface area contributed by atoms with Crippen molar-refractivity contribution < 1.29 is 9.59 Å². The van der Waals surface area contributed by atoms with Gasteiger partial charge in [0.2, 0.25) is 5.91 Å². The minimum atomic E-state index is -0.410. The van der Waals surface area contributed by atoms with Crippen molar-refractivity contribution in [3.8, 4) is 0 Å². The fraction of sp³-hybridized carbons (Fsp3) is 0.545. The lowest BCUT2D eigenvalue weighted by atomic mass is 10.2. The number of nitrogens with two attached hydrogens (primary N) is 1. The lowest BCUT2D eigenvalue weighted by Gasteiger charge is -2.09. The van der Waals surface area contributed by atoms with Crippen LogP contribution in [0.1, 0.15) is 24.3 Å². The van der Waals surface area contributed by atoms with Gasteiger partial charge in [-0.25, -0.2) is 0 Å². The molecule has 0 spiro atoms. The van der Waals surface area contributed by atoms with E-state index in [0.29, 0.717) is 12.5 Å². The highest BCUT2D eigenvalue weighted by Gasteiger charge is 2.15. The van der Waals surface area contributed by atoms with Gasteiger partial charge in [-0.15, -0.1) is 0 Å². The molecule has 0 fully saturated rings. The van der Waals surface area contributed by atoms with Gasteiger partial charge in [0.05, 0.1) is 18.4 Å². The van der Waals surface area contributed by atoms with Crippen LogP contribution in [0.2, 0.25) is 0 Å². The molecule has 0 aliphatic carbocycles. The summed E-state index contributed by atoms with van der Waals surface area (Å²) in [5.74, 6) is -0.262. The summed E-state index contributed by atoms with van der Waals surface area (Å²) in [4.78, 5) is 23.2. The molecule has 0 aliphatic heterocycles. The third-order valence-electron chi connectivity index (χ3n) is 2.30. The van der Waals surface area contributed by atoms with Crippen molar-refractivity contribution in [3.63, 3.8) is 0 Å². The number of hydrogen-bond acceptors (Lipinski definition) is 4. The Morgan fingerprint density at radius 2 is 2.11 bits per heavy atom. The SMILES string of the molecule is CC(C)CNC(=O)CNC(=O)c1c(N)cnn1C. The number of carbonyl (C=O) groups excluding carboxylic acids is 2. The molecule has 4 N–H and O–H groups in total.